The van der Waals surface area contributed by atoms with Crippen LogP contribution in [0, 0.1) is 5.92 Å². The SMILES string of the molecule is CC(C)C[C@@]1(c2ccccc2)NC(=O)N(CC(=O)Nc2cccc(S(=O)(=O)N3CCCC3)c2)C1=O. The van der Waals surface area contributed by atoms with Crippen LogP contribution in [0.1, 0.15) is 38.7 Å². The molecule has 9 nitrogen and oxygen atoms in total. The van der Waals surface area contributed by atoms with Crippen LogP contribution in [-0.2, 0) is 25.2 Å². The van der Waals surface area contributed by atoms with E-state index in [-0.39, 0.29) is 16.5 Å². The molecule has 2 aromatic carbocycles. The van der Waals surface area contributed by atoms with Gasteiger partial charge in [0, 0.05) is 18.8 Å². The third-order valence-electron chi connectivity index (χ3n) is 6.28. The van der Waals surface area contributed by atoms with Crippen molar-refractivity contribution in [2.24, 2.45) is 5.92 Å². The molecule has 0 unspecified atom stereocenters. The Balaban J connectivity index is 1.51. The Bertz CT molecular complexity index is 1230. The van der Waals surface area contributed by atoms with Crippen molar-refractivity contribution < 1.29 is 22.8 Å². The highest BCUT2D eigenvalue weighted by molar-refractivity contribution is 7.89. The summed E-state index contributed by atoms with van der Waals surface area (Å²) in [6, 6.07) is 14.4. The van der Waals surface area contributed by atoms with Gasteiger partial charge in [-0.05, 0) is 48.9 Å². The fourth-order valence-electron chi connectivity index (χ4n) is 4.71. The summed E-state index contributed by atoms with van der Waals surface area (Å²) in [5, 5.41) is 5.44. The predicted octanol–water partition coefficient (Wildman–Crippen LogP) is 2.90. The number of rotatable bonds is 8. The first-order valence-electron chi connectivity index (χ1n) is 11.7. The Kier molecular flexibility index (Phi) is 6.95. The number of sulfonamides is 1. The third-order valence-corrected chi connectivity index (χ3v) is 8.17. The number of amides is 4. The van der Waals surface area contributed by atoms with Crippen LogP contribution in [0.4, 0.5) is 10.5 Å². The van der Waals surface area contributed by atoms with E-state index in [0.717, 1.165) is 17.7 Å². The molecule has 186 valence electrons. The average molecular weight is 499 g/mol. The monoisotopic (exact) mass is 498 g/mol. The lowest BCUT2D eigenvalue weighted by Crippen LogP contribution is -2.45. The van der Waals surface area contributed by atoms with Crippen molar-refractivity contribution in [1.29, 1.82) is 0 Å². The molecular weight excluding hydrogens is 468 g/mol. The summed E-state index contributed by atoms with van der Waals surface area (Å²) in [4.78, 5) is 40.1. The van der Waals surface area contributed by atoms with Crippen LogP contribution in [-0.4, -0.2) is 55.1 Å². The average Bonchev–Trinajstić information content (AvgIpc) is 3.44. The second-order valence-electron chi connectivity index (χ2n) is 9.38. The second kappa shape index (κ2) is 9.79. The molecule has 10 heteroatoms. The highest BCUT2D eigenvalue weighted by Crippen LogP contribution is 2.35. The van der Waals surface area contributed by atoms with Gasteiger partial charge in [-0.15, -0.1) is 0 Å². The summed E-state index contributed by atoms with van der Waals surface area (Å²) in [5.74, 6) is -0.978. The molecule has 4 rings (SSSR count). The van der Waals surface area contributed by atoms with Crippen molar-refractivity contribution in [3.8, 4) is 0 Å². The molecule has 2 saturated heterocycles. The van der Waals surface area contributed by atoms with Crippen LogP contribution in [0.15, 0.2) is 59.5 Å². The molecule has 2 aromatic rings. The van der Waals surface area contributed by atoms with Crippen molar-refractivity contribution in [1.82, 2.24) is 14.5 Å². The number of urea groups is 1. The van der Waals surface area contributed by atoms with Gasteiger partial charge in [0.25, 0.3) is 5.91 Å². The smallest absolute Gasteiger partial charge is 0.324 e. The first-order chi connectivity index (χ1) is 16.6. The Labute approximate surface area is 205 Å². The number of carbonyl (C=O) groups excluding carboxylic acids is 3. The lowest BCUT2D eigenvalue weighted by atomic mass is 9.82. The largest absolute Gasteiger partial charge is 0.325 e. The van der Waals surface area contributed by atoms with E-state index in [2.05, 4.69) is 10.6 Å². The Morgan fingerprint density at radius 2 is 1.74 bits per heavy atom. The normalized spacial score (nSPS) is 20.9. The number of anilines is 1. The molecular formula is C25H30N4O5S. The van der Waals surface area contributed by atoms with Gasteiger partial charge in [-0.2, -0.15) is 4.31 Å². The molecule has 2 N–H and O–H groups in total. The highest BCUT2D eigenvalue weighted by Gasteiger charge is 2.52. The van der Waals surface area contributed by atoms with Crippen molar-refractivity contribution in [3.63, 3.8) is 0 Å². The molecule has 35 heavy (non-hydrogen) atoms. The topological polar surface area (TPSA) is 116 Å². The summed E-state index contributed by atoms with van der Waals surface area (Å²) in [6.07, 6.45) is 2.03. The quantitative estimate of drug-likeness (QED) is 0.543. The standard InChI is InChI=1S/C25H30N4O5S/c1-18(2)16-25(19-9-4-3-5-10-19)23(31)29(24(32)27-25)17-22(30)26-20-11-8-12-21(15-20)35(33,34)28-13-6-7-14-28/h3-5,8-12,15,18H,6-7,13-14,16-17H2,1-2H3,(H,26,30)(H,27,32)/t25-/m0/s1. The predicted molar refractivity (Wildman–Crippen MR) is 131 cm³/mol. The molecule has 4 amide bonds. The zero-order chi connectivity index (χ0) is 25.2. The van der Waals surface area contributed by atoms with E-state index in [1.165, 1.54) is 16.4 Å². The maximum Gasteiger partial charge on any atom is 0.325 e. The molecule has 1 atom stereocenters. The van der Waals surface area contributed by atoms with Gasteiger partial charge in [-0.25, -0.2) is 13.2 Å². The zero-order valence-corrected chi connectivity index (χ0v) is 20.7. The van der Waals surface area contributed by atoms with Gasteiger partial charge in [-0.3, -0.25) is 14.5 Å². The van der Waals surface area contributed by atoms with Gasteiger partial charge in [0.1, 0.15) is 12.1 Å². The first kappa shape index (κ1) is 24.9. The van der Waals surface area contributed by atoms with E-state index in [1.807, 2.05) is 19.9 Å². The molecule has 0 spiro atoms. The number of carbonyl (C=O) groups is 3. The molecule has 2 heterocycles. The van der Waals surface area contributed by atoms with Crippen LogP contribution in [0.25, 0.3) is 0 Å². The zero-order valence-electron chi connectivity index (χ0n) is 19.9. The lowest BCUT2D eigenvalue weighted by Gasteiger charge is -2.29. The van der Waals surface area contributed by atoms with Crippen molar-refractivity contribution in [3.05, 3.63) is 60.2 Å². The fourth-order valence-corrected chi connectivity index (χ4v) is 6.28. The van der Waals surface area contributed by atoms with Gasteiger partial charge in [0.05, 0.1) is 4.90 Å². The van der Waals surface area contributed by atoms with E-state index < -0.39 is 40.0 Å². The van der Waals surface area contributed by atoms with Gasteiger partial charge < -0.3 is 10.6 Å². The van der Waals surface area contributed by atoms with Crippen molar-refractivity contribution >= 4 is 33.6 Å². The summed E-state index contributed by atoms with van der Waals surface area (Å²) < 4.78 is 27.1. The first-order valence-corrected chi connectivity index (χ1v) is 13.2. The molecule has 0 radical (unpaired) electrons. The van der Waals surface area contributed by atoms with E-state index in [1.54, 1.807) is 36.4 Å². The second-order valence-corrected chi connectivity index (χ2v) is 11.3. The molecule has 2 fully saturated rings. The van der Waals surface area contributed by atoms with Crippen molar-refractivity contribution in [2.45, 2.75) is 43.5 Å². The molecule has 2 aliphatic heterocycles. The van der Waals surface area contributed by atoms with E-state index in [0.29, 0.717) is 25.1 Å². The van der Waals surface area contributed by atoms with E-state index >= 15 is 0 Å². The summed E-state index contributed by atoms with van der Waals surface area (Å²) in [6.45, 7) is 4.39. The maximum atomic E-state index is 13.5. The van der Waals surface area contributed by atoms with E-state index in [9.17, 15) is 22.8 Å². The van der Waals surface area contributed by atoms with Crippen molar-refractivity contribution in [2.75, 3.05) is 25.0 Å². The molecule has 0 aromatic heterocycles. The molecule has 0 saturated carbocycles. The highest BCUT2D eigenvalue weighted by atomic mass is 32.2. The van der Waals surface area contributed by atoms with Crippen LogP contribution >= 0.6 is 0 Å². The fraction of sp³-hybridized carbons (Fsp3) is 0.400. The number of nitrogens with zero attached hydrogens (tertiary/aromatic N) is 2. The minimum atomic E-state index is -3.64. The Morgan fingerprint density at radius 1 is 1.06 bits per heavy atom. The number of imide groups is 1. The van der Waals surface area contributed by atoms with Crippen LogP contribution in [0.2, 0.25) is 0 Å². The Hall–Kier alpha value is -3.24. The van der Waals surface area contributed by atoms with Crippen LogP contribution in [0.3, 0.4) is 0 Å². The number of hydrogen-bond acceptors (Lipinski definition) is 5. The van der Waals surface area contributed by atoms with Gasteiger partial charge in [-0.1, -0.05) is 50.2 Å². The number of hydrogen-bond donors (Lipinski definition) is 2. The minimum Gasteiger partial charge on any atom is -0.324 e. The molecule has 2 aliphatic rings. The minimum absolute atomic E-state index is 0.0900. The maximum absolute atomic E-state index is 13.5. The van der Waals surface area contributed by atoms with Gasteiger partial charge in [0.2, 0.25) is 15.9 Å². The summed E-state index contributed by atoms with van der Waals surface area (Å²) in [7, 11) is -3.64. The third kappa shape index (κ3) is 4.94. The Morgan fingerprint density at radius 3 is 2.40 bits per heavy atom. The van der Waals surface area contributed by atoms with E-state index in [4.69, 9.17) is 0 Å². The summed E-state index contributed by atoms with van der Waals surface area (Å²) >= 11 is 0. The lowest BCUT2D eigenvalue weighted by molar-refractivity contribution is -0.134. The summed E-state index contributed by atoms with van der Waals surface area (Å²) in [5.41, 5.74) is -0.301. The van der Waals surface area contributed by atoms with Crippen LogP contribution < -0.4 is 10.6 Å². The number of benzene rings is 2. The number of nitrogens with one attached hydrogen (secondary N) is 2. The van der Waals surface area contributed by atoms with Gasteiger partial charge in [0.15, 0.2) is 0 Å². The van der Waals surface area contributed by atoms with Crippen LogP contribution in [0.5, 0.6) is 0 Å². The molecule has 0 bridgehead atoms. The van der Waals surface area contributed by atoms with Gasteiger partial charge >= 0.3 is 6.03 Å². The molecule has 0 aliphatic carbocycles.